The molecule has 10 nitrogen and oxygen atoms in total. The third kappa shape index (κ3) is 6.81. The van der Waals surface area contributed by atoms with Gasteiger partial charge in [-0.3, -0.25) is 4.79 Å². The van der Waals surface area contributed by atoms with Crippen LogP contribution in [0, 0.1) is 5.92 Å². The summed E-state index contributed by atoms with van der Waals surface area (Å²) in [5.41, 5.74) is 4.66. The number of hydrogen-bond donors (Lipinski definition) is 2. The summed E-state index contributed by atoms with van der Waals surface area (Å²) in [6.07, 6.45) is 6.39. The summed E-state index contributed by atoms with van der Waals surface area (Å²) in [7, 11) is 0. The number of alkyl carbamates (subject to hydrolysis) is 2. The molecule has 0 bridgehead atoms. The number of pyridine rings is 1. The molecule has 0 unspecified atom stereocenters. The molecule has 0 aromatic carbocycles. The number of nitrogens with one attached hydrogen (secondary N) is 2. The maximum atomic E-state index is 12.3. The molecule has 2 aromatic rings. The lowest BCUT2D eigenvalue weighted by Gasteiger charge is -2.14. The Labute approximate surface area is 217 Å². The van der Waals surface area contributed by atoms with Crippen LogP contribution >= 0.6 is 0 Å². The quantitative estimate of drug-likeness (QED) is 0.285. The zero-order valence-corrected chi connectivity index (χ0v) is 22.0. The highest BCUT2D eigenvalue weighted by atomic mass is 16.6. The molecule has 1 saturated carbocycles. The molecule has 10 heteroatoms. The molecule has 3 heterocycles. The van der Waals surface area contributed by atoms with Gasteiger partial charge in [-0.2, -0.15) is 4.57 Å². The molecule has 0 saturated heterocycles. The van der Waals surface area contributed by atoms with E-state index in [1.807, 2.05) is 56.8 Å². The number of amides is 2. The van der Waals surface area contributed by atoms with E-state index in [9.17, 15) is 14.4 Å². The average molecular weight is 514 g/mol. The van der Waals surface area contributed by atoms with E-state index in [1.54, 1.807) is 0 Å². The molecular formula is C27H37N4O6+. The number of nitrogens with zero attached hydrogens (tertiary/aromatic N) is 2. The van der Waals surface area contributed by atoms with Crippen LogP contribution in [0.4, 0.5) is 9.59 Å². The molecule has 2 amide bonds. The first kappa shape index (κ1) is 26.5. The summed E-state index contributed by atoms with van der Waals surface area (Å²) >= 11 is 0. The van der Waals surface area contributed by atoms with Crippen molar-refractivity contribution in [1.29, 1.82) is 0 Å². The molecule has 200 valence electrons. The topological polar surface area (TPSA) is 112 Å². The number of carbonyl (C=O) groups is 3. The molecule has 0 radical (unpaired) electrons. The van der Waals surface area contributed by atoms with Crippen molar-refractivity contribution in [2.24, 2.45) is 5.92 Å². The summed E-state index contributed by atoms with van der Waals surface area (Å²) < 4.78 is 20.6. The monoisotopic (exact) mass is 513 g/mol. The third-order valence-electron chi connectivity index (χ3n) is 6.33. The van der Waals surface area contributed by atoms with Crippen molar-refractivity contribution in [3.63, 3.8) is 0 Å². The van der Waals surface area contributed by atoms with E-state index in [0.29, 0.717) is 0 Å². The number of rotatable bonds is 10. The number of aromatic nitrogens is 2. The molecule has 1 aliphatic carbocycles. The van der Waals surface area contributed by atoms with Gasteiger partial charge in [0.05, 0.1) is 11.6 Å². The molecule has 37 heavy (non-hydrogen) atoms. The number of ether oxygens (including phenoxy) is 3. The van der Waals surface area contributed by atoms with Crippen LogP contribution in [-0.2, 0) is 51.9 Å². The molecule has 0 atom stereocenters. The van der Waals surface area contributed by atoms with Gasteiger partial charge in [0.1, 0.15) is 13.2 Å². The maximum Gasteiger partial charge on any atom is 0.407 e. The fourth-order valence-corrected chi connectivity index (χ4v) is 4.48. The Balaban J connectivity index is 1.59. The smallest absolute Gasteiger partial charge is 0.407 e. The average Bonchev–Trinajstić information content (AvgIpc) is 3.51. The highest BCUT2D eigenvalue weighted by Crippen LogP contribution is 2.37. The fourth-order valence-electron chi connectivity index (χ4n) is 4.48. The third-order valence-corrected chi connectivity index (χ3v) is 6.33. The molecule has 1 aliphatic heterocycles. The van der Waals surface area contributed by atoms with Crippen molar-refractivity contribution in [2.75, 3.05) is 0 Å². The summed E-state index contributed by atoms with van der Waals surface area (Å²) in [6.45, 7) is 8.60. The molecule has 4 rings (SSSR count). The van der Waals surface area contributed by atoms with E-state index in [-0.39, 0.29) is 43.9 Å². The van der Waals surface area contributed by atoms with Crippen LogP contribution < -0.4 is 15.2 Å². The summed E-state index contributed by atoms with van der Waals surface area (Å²) in [6, 6.07) is 3.83. The van der Waals surface area contributed by atoms with Crippen LogP contribution in [0.2, 0.25) is 0 Å². The molecule has 2 aliphatic rings. The molecule has 2 aromatic heterocycles. The van der Waals surface area contributed by atoms with Gasteiger partial charge in [0.25, 0.3) is 6.73 Å². The Hall–Kier alpha value is -3.56. The van der Waals surface area contributed by atoms with E-state index in [0.717, 1.165) is 60.3 Å². The number of carbonyl (C=O) groups excluding carboxylic acids is 3. The van der Waals surface area contributed by atoms with E-state index in [2.05, 4.69) is 15.2 Å². The first-order chi connectivity index (χ1) is 17.7. The minimum Gasteiger partial charge on any atom is -0.445 e. The van der Waals surface area contributed by atoms with Crippen LogP contribution in [0.3, 0.4) is 0 Å². The van der Waals surface area contributed by atoms with Gasteiger partial charge >= 0.3 is 18.2 Å². The maximum absolute atomic E-state index is 12.3. The minimum atomic E-state index is -0.500. The van der Waals surface area contributed by atoms with Gasteiger partial charge in [0.15, 0.2) is 12.4 Å². The van der Waals surface area contributed by atoms with Crippen molar-refractivity contribution in [3.8, 4) is 11.3 Å². The lowest BCUT2D eigenvalue weighted by atomic mass is 10.0. The van der Waals surface area contributed by atoms with Crippen molar-refractivity contribution in [3.05, 3.63) is 41.3 Å². The van der Waals surface area contributed by atoms with E-state index in [4.69, 9.17) is 14.2 Å². The predicted molar refractivity (Wildman–Crippen MR) is 134 cm³/mol. The normalized spacial score (nSPS) is 14.4. The summed E-state index contributed by atoms with van der Waals surface area (Å²) in [5.74, 6) is -0.0897. The predicted octanol–water partition coefficient (Wildman–Crippen LogP) is 3.57. The van der Waals surface area contributed by atoms with Gasteiger partial charge in [-0.1, -0.05) is 0 Å². The second kappa shape index (κ2) is 11.7. The van der Waals surface area contributed by atoms with Crippen LogP contribution in [-0.4, -0.2) is 34.8 Å². The molecular weight excluding hydrogens is 476 g/mol. The highest BCUT2D eigenvalue weighted by Gasteiger charge is 2.32. The van der Waals surface area contributed by atoms with E-state index < -0.39 is 12.2 Å². The van der Waals surface area contributed by atoms with Crippen LogP contribution in [0.15, 0.2) is 24.5 Å². The van der Waals surface area contributed by atoms with Crippen LogP contribution in [0.1, 0.15) is 63.8 Å². The lowest BCUT2D eigenvalue weighted by molar-refractivity contribution is -0.727. The van der Waals surface area contributed by atoms with Crippen LogP contribution in [0.25, 0.3) is 11.3 Å². The Morgan fingerprint density at radius 3 is 2.11 bits per heavy atom. The zero-order chi connectivity index (χ0) is 26.5. The standard InChI is InChI=1S/C27H36N4O6/c1-17(2)28-26(33)35-14-21-22(15-36-27(34)29-18(3)4)24(31-11-5-6-23(21)31)19-9-12-30(13-10-19)16-37-25(32)20-7-8-20/h9-10,12-13,17-18,20H,5-8,11,14-16H2,1-4H3,(H-,28,29,33,34)/p+1. The van der Waals surface area contributed by atoms with Crippen molar-refractivity contribution >= 4 is 18.2 Å². The molecule has 0 spiro atoms. The summed E-state index contributed by atoms with van der Waals surface area (Å²) in [5, 5.41) is 5.49. The van der Waals surface area contributed by atoms with Gasteiger partial charge in [-0.25, -0.2) is 9.59 Å². The number of esters is 1. The Bertz CT molecular complexity index is 1130. The van der Waals surface area contributed by atoms with E-state index >= 15 is 0 Å². The first-order valence-electron chi connectivity index (χ1n) is 13.0. The Kier molecular flexibility index (Phi) is 8.35. The zero-order valence-electron chi connectivity index (χ0n) is 22.0. The number of fused-ring (bicyclic) bond motifs is 1. The second-order valence-electron chi connectivity index (χ2n) is 10.2. The Morgan fingerprint density at radius 2 is 1.54 bits per heavy atom. The highest BCUT2D eigenvalue weighted by molar-refractivity contribution is 5.74. The molecule has 1 fully saturated rings. The summed E-state index contributed by atoms with van der Waals surface area (Å²) in [4.78, 5) is 36.4. The molecule has 2 N–H and O–H groups in total. The van der Waals surface area contributed by atoms with Crippen molar-refractivity contribution < 1.29 is 33.2 Å². The lowest BCUT2D eigenvalue weighted by Crippen LogP contribution is -2.35. The van der Waals surface area contributed by atoms with Crippen molar-refractivity contribution in [1.82, 2.24) is 15.2 Å². The Morgan fingerprint density at radius 1 is 0.946 bits per heavy atom. The van der Waals surface area contributed by atoms with E-state index in [1.165, 1.54) is 0 Å². The van der Waals surface area contributed by atoms with Crippen molar-refractivity contribution in [2.45, 2.75) is 92.0 Å². The van der Waals surface area contributed by atoms with Gasteiger partial charge in [0.2, 0.25) is 0 Å². The minimum absolute atomic E-state index is 0.0371. The largest absolute Gasteiger partial charge is 0.445 e. The van der Waals surface area contributed by atoms with Crippen LogP contribution in [0.5, 0.6) is 0 Å². The first-order valence-corrected chi connectivity index (χ1v) is 13.0. The van der Waals surface area contributed by atoms with Gasteiger partial charge in [0, 0.05) is 53.1 Å². The fraction of sp³-hybridized carbons (Fsp3) is 0.556. The SMILES string of the molecule is CC(C)NC(=O)OCc1c(COC(=O)NC(C)C)c(-c2cc[n+](COC(=O)C3CC3)cc2)n2c1CCC2. The van der Waals surface area contributed by atoms with Gasteiger partial charge in [-0.05, 0) is 53.4 Å². The van der Waals surface area contributed by atoms with Gasteiger partial charge in [-0.15, -0.1) is 0 Å². The second-order valence-corrected chi connectivity index (χ2v) is 10.2. The van der Waals surface area contributed by atoms with Gasteiger partial charge < -0.3 is 29.4 Å². The number of hydrogen-bond acceptors (Lipinski definition) is 6.